The minimum atomic E-state index is -0.665. The van der Waals surface area contributed by atoms with Gasteiger partial charge in [0.05, 0.1) is 14.8 Å². The number of rotatable bonds is 6. The average Bonchev–Trinajstić information content (AvgIpc) is 2.96. The first-order valence-electron chi connectivity index (χ1n) is 8.29. The van der Waals surface area contributed by atoms with Crippen molar-refractivity contribution in [2.45, 2.75) is 0 Å². The molecule has 0 atom stereocenters. The first-order valence-corrected chi connectivity index (χ1v) is 9.10. The van der Waals surface area contributed by atoms with Crippen LogP contribution in [0.2, 0.25) is 0 Å². The van der Waals surface area contributed by atoms with Gasteiger partial charge < -0.3 is 5.32 Å². The molecule has 0 aromatic heterocycles. The molecule has 1 aliphatic heterocycles. The molecule has 0 spiro atoms. The minimum Gasteiger partial charge on any atom is -0.325 e. The van der Waals surface area contributed by atoms with E-state index in [-0.39, 0.29) is 22.0 Å². The Kier molecular flexibility index (Phi) is 5.88. The molecule has 3 rings (SSSR count). The highest BCUT2D eigenvalue weighted by atomic mass is 32.2. The maximum absolute atomic E-state index is 12.5. The largest absolute Gasteiger partial charge is 0.325 e. The fourth-order valence-corrected chi connectivity index (χ4v) is 3.33. The number of nitrogens with zero attached hydrogens (tertiary/aromatic N) is 3. The number of hydrogen-bond donors (Lipinski definition) is 1. The lowest BCUT2D eigenvalue weighted by Crippen LogP contribution is -2.36. The van der Waals surface area contributed by atoms with Crippen LogP contribution in [0.3, 0.4) is 0 Å². The summed E-state index contributed by atoms with van der Waals surface area (Å²) in [5, 5.41) is 23.2. The number of anilines is 1. The van der Waals surface area contributed by atoms with Gasteiger partial charge in [-0.05, 0) is 47.7 Å². The molecule has 0 bridgehead atoms. The van der Waals surface area contributed by atoms with Crippen LogP contribution in [0.1, 0.15) is 5.56 Å². The number of carbonyl (C=O) groups excluding carboxylic acids is 3. The van der Waals surface area contributed by atoms with E-state index in [1.54, 1.807) is 0 Å². The number of benzene rings is 2. The van der Waals surface area contributed by atoms with Crippen LogP contribution < -0.4 is 5.32 Å². The number of nitro benzene ring substituents is 2. The van der Waals surface area contributed by atoms with Gasteiger partial charge >= 0.3 is 0 Å². The van der Waals surface area contributed by atoms with Crippen LogP contribution in [0.4, 0.5) is 21.9 Å². The summed E-state index contributed by atoms with van der Waals surface area (Å²) in [6.45, 7) is -0.529. The Morgan fingerprint density at radius 2 is 1.50 bits per heavy atom. The summed E-state index contributed by atoms with van der Waals surface area (Å²) in [7, 11) is 0. The van der Waals surface area contributed by atoms with Gasteiger partial charge in [-0.15, -0.1) is 0 Å². The molecular weight excluding hydrogens is 416 g/mol. The molecule has 2 aromatic carbocycles. The van der Waals surface area contributed by atoms with Gasteiger partial charge in [0.2, 0.25) is 5.91 Å². The standard InChI is InChI=1S/C18H12N4O7S/c23-16(19-12-3-7-14(8-4-12)22(28)29)10-20-17(24)15(30-18(20)25)9-11-1-5-13(6-2-11)21(26)27/h1-9H,10H2,(H,19,23)/b15-9-. The molecule has 3 amide bonds. The van der Waals surface area contributed by atoms with Crippen molar-refractivity contribution in [2.75, 3.05) is 11.9 Å². The van der Waals surface area contributed by atoms with Crippen LogP contribution in [0, 0.1) is 20.2 Å². The quantitative estimate of drug-likeness (QED) is 0.418. The Morgan fingerprint density at radius 3 is 2.03 bits per heavy atom. The Hall–Kier alpha value is -4.06. The van der Waals surface area contributed by atoms with E-state index in [4.69, 9.17) is 0 Å². The van der Waals surface area contributed by atoms with E-state index >= 15 is 0 Å². The predicted molar refractivity (Wildman–Crippen MR) is 107 cm³/mol. The molecule has 11 nitrogen and oxygen atoms in total. The van der Waals surface area contributed by atoms with Crippen LogP contribution in [0.25, 0.3) is 6.08 Å². The normalized spacial score (nSPS) is 14.8. The Balaban J connectivity index is 1.66. The summed E-state index contributed by atoms with van der Waals surface area (Å²) in [5.74, 6) is -1.31. The number of nitrogens with one attached hydrogen (secondary N) is 1. The zero-order valence-corrected chi connectivity index (χ0v) is 15.8. The van der Waals surface area contributed by atoms with Crippen molar-refractivity contribution in [3.63, 3.8) is 0 Å². The summed E-state index contributed by atoms with van der Waals surface area (Å²) in [6.07, 6.45) is 1.41. The number of nitro groups is 2. The molecule has 1 heterocycles. The number of hydrogen-bond acceptors (Lipinski definition) is 8. The Bertz CT molecular complexity index is 1080. The van der Waals surface area contributed by atoms with Crippen molar-refractivity contribution < 1.29 is 24.2 Å². The SMILES string of the molecule is O=C(CN1C(=O)S/C(=C\c2ccc([N+](=O)[O-])cc2)C1=O)Nc1ccc([N+](=O)[O-])cc1. The van der Waals surface area contributed by atoms with Crippen molar-refractivity contribution >= 4 is 52.0 Å². The van der Waals surface area contributed by atoms with E-state index in [1.165, 1.54) is 54.6 Å². The van der Waals surface area contributed by atoms with Gasteiger partial charge in [-0.3, -0.25) is 39.5 Å². The lowest BCUT2D eigenvalue weighted by atomic mass is 10.2. The van der Waals surface area contributed by atoms with Crippen LogP contribution in [-0.2, 0) is 9.59 Å². The minimum absolute atomic E-state index is 0.0805. The van der Waals surface area contributed by atoms with E-state index < -0.39 is 33.4 Å². The third kappa shape index (κ3) is 4.67. The molecule has 0 aliphatic carbocycles. The fraction of sp³-hybridized carbons (Fsp3) is 0.0556. The van der Waals surface area contributed by atoms with Gasteiger partial charge in [0.25, 0.3) is 22.5 Å². The first kappa shape index (κ1) is 20.7. The number of carbonyl (C=O) groups is 3. The van der Waals surface area contributed by atoms with Crippen molar-refractivity contribution in [3.05, 3.63) is 79.2 Å². The summed E-state index contributed by atoms with van der Waals surface area (Å²) in [5.41, 5.74) is 0.513. The average molecular weight is 428 g/mol. The predicted octanol–water partition coefficient (Wildman–Crippen LogP) is 3.18. The molecule has 0 saturated carbocycles. The van der Waals surface area contributed by atoms with Crippen molar-refractivity contribution in [3.8, 4) is 0 Å². The molecule has 1 N–H and O–H groups in total. The van der Waals surface area contributed by atoms with Gasteiger partial charge in [-0.25, -0.2) is 0 Å². The molecular formula is C18H12N4O7S. The summed E-state index contributed by atoms with van der Waals surface area (Å²) < 4.78 is 0. The lowest BCUT2D eigenvalue weighted by Gasteiger charge is -2.12. The van der Waals surface area contributed by atoms with E-state index in [0.717, 1.165) is 4.90 Å². The first-order chi connectivity index (χ1) is 14.2. The topological polar surface area (TPSA) is 153 Å². The molecule has 0 unspecified atom stereocenters. The monoisotopic (exact) mass is 428 g/mol. The van der Waals surface area contributed by atoms with Crippen LogP contribution in [0.15, 0.2) is 53.4 Å². The second-order valence-corrected chi connectivity index (χ2v) is 6.96. The van der Waals surface area contributed by atoms with Crippen LogP contribution in [0.5, 0.6) is 0 Å². The van der Waals surface area contributed by atoms with Crippen molar-refractivity contribution in [1.82, 2.24) is 4.90 Å². The van der Waals surface area contributed by atoms with Gasteiger partial charge in [0, 0.05) is 30.0 Å². The number of non-ortho nitro benzene ring substituents is 2. The third-order valence-corrected chi connectivity index (χ3v) is 4.85. The van der Waals surface area contributed by atoms with Crippen LogP contribution >= 0.6 is 11.8 Å². The molecule has 1 saturated heterocycles. The van der Waals surface area contributed by atoms with Crippen LogP contribution in [-0.4, -0.2) is 38.3 Å². The van der Waals surface area contributed by atoms with Gasteiger partial charge in [0.1, 0.15) is 6.54 Å². The van der Waals surface area contributed by atoms with E-state index in [9.17, 15) is 34.6 Å². The van der Waals surface area contributed by atoms with Gasteiger partial charge in [-0.1, -0.05) is 0 Å². The zero-order chi connectivity index (χ0) is 21.8. The van der Waals surface area contributed by atoms with Gasteiger partial charge in [-0.2, -0.15) is 0 Å². The highest BCUT2D eigenvalue weighted by Gasteiger charge is 2.36. The molecule has 152 valence electrons. The molecule has 0 radical (unpaired) electrons. The highest BCUT2D eigenvalue weighted by molar-refractivity contribution is 8.18. The molecule has 1 aliphatic rings. The maximum Gasteiger partial charge on any atom is 0.294 e. The second kappa shape index (κ2) is 8.53. The Morgan fingerprint density at radius 1 is 0.967 bits per heavy atom. The van der Waals surface area contributed by atoms with Crippen molar-refractivity contribution in [1.29, 1.82) is 0 Å². The summed E-state index contributed by atoms with van der Waals surface area (Å²) in [6, 6.07) is 10.5. The molecule has 1 fully saturated rings. The highest BCUT2D eigenvalue weighted by Crippen LogP contribution is 2.32. The van der Waals surface area contributed by atoms with E-state index in [1.807, 2.05) is 0 Å². The fourth-order valence-electron chi connectivity index (χ4n) is 2.49. The third-order valence-electron chi connectivity index (χ3n) is 3.94. The lowest BCUT2D eigenvalue weighted by molar-refractivity contribution is -0.385. The van der Waals surface area contributed by atoms with Gasteiger partial charge in [0.15, 0.2) is 0 Å². The molecule has 30 heavy (non-hydrogen) atoms. The van der Waals surface area contributed by atoms with E-state index in [2.05, 4.69) is 5.32 Å². The summed E-state index contributed by atoms with van der Waals surface area (Å²) in [4.78, 5) is 57.8. The smallest absolute Gasteiger partial charge is 0.294 e. The number of thioether (sulfide) groups is 1. The molecule has 2 aromatic rings. The maximum atomic E-state index is 12.5. The number of imide groups is 1. The summed E-state index contributed by atoms with van der Waals surface area (Å²) >= 11 is 0.650. The molecule has 12 heteroatoms. The Labute approximate surface area is 172 Å². The number of amides is 3. The second-order valence-electron chi connectivity index (χ2n) is 5.97. The van der Waals surface area contributed by atoms with E-state index in [0.29, 0.717) is 17.3 Å². The van der Waals surface area contributed by atoms with Crippen molar-refractivity contribution in [2.24, 2.45) is 0 Å². The zero-order valence-electron chi connectivity index (χ0n) is 15.0.